The molecular weight excluding hydrogens is 399 g/mol. The minimum atomic E-state index is -0.381. The molecule has 0 aliphatic rings. The molecule has 0 aliphatic heterocycles. The van der Waals surface area contributed by atoms with Gasteiger partial charge in [-0.05, 0) is 49.7 Å². The molecule has 0 aliphatic carbocycles. The number of carbonyl (C=O) groups is 1. The highest BCUT2D eigenvalue weighted by molar-refractivity contribution is 6.32. The number of carbonyl (C=O) groups excluding carboxylic acids is 1. The fourth-order valence-corrected chi connectivity index (χ4v) is 3.00. The van der Waals surface area contributed by atoms with Crippen molar-refractivity contribution in [1.82, 2.24) is 15.2 Å². The first-order valence-electron chi connectivity index (χ1n) is 8.46. The van der Waals surface area contributed by atoms with E-state index < -0.39 is 0 Å². The molecule has 28 heavy (non-hydrogen) atoms. The first-order valence-corrected chi connectivity index (χ1v) is 9.22. The lowest BCUT2D eigenvalue weighted by Crippen LogP contribution is -2.24. The predicted octanol–water partition coefficient (Wildman–Crippen LogP) is 4.33. The molecule has 1 amide bonds. The smallest absolute Gasteiger partial charge is 0.277 e. The van der Waals surface area contributed by atoms with Crippen molar-refractivity contribution in [2.45, 2.75) is 13.8 Å². The molecule has 0 fully saturated rings. The van der Waals surface area contributed by atoms with Crippen molar-refractivity contribution in [2.75, 3.05) is 6.61 Å². The number of nitrogens with one attached hydrogen (secondary N) is 1. The molecule has 0 radical (unpaired) electrons. The molecule has 0 bridgehead atoms. The molecular formula is C20H18Cl2N4O2. The van der Waals surface area contributed by atoms with Gasteiger partial charge in [-0.15, -0.1) is 0 Å². The second-order valence-corrected chi connectivity index (χ2v) is 6.87. The van der Waals surface area contributed by atoms with Crippen LogP contribution in [0.1, 0.15) is 16.8 Å². The zero-order chi connectivity index (χ0) is 20.1. The van der Waals surface area contributed by atoms with Crippen LogP contribution in [0.25, 0.3) is 5.69 Å². The van der Waals surface area contributed by atoms with Crippen molar-refractivity contribution in [3.63, 3.8) is 0 Å². The summed E-state index contributed by atoms with van der Waals surface area (Å²) in [7, 11) is 0. The van der Waals surface area contributed by atoms with E-state index in [9.17, 15) is 4.79 Å². The van der Waals surface area contributed by atoms with Gasteiger partial charge in [-0.3, -0.25) is 4.79 Å². The number of rotatable bonds is 6. The minimum Gasteiger partial charge on any atom is -0.484 e. The molecule has 3 aromatic rings. The van der Waals surface area contributed by atoms with E-state index in [1.807, 2.05) is 37.3 Å². The summed E-state index contributed by atoms with van der Waals surface area (Å²) in [5.41, 5.74) is 5.47. The van der Waals surface area contributed by atoms with Crippen molar-refractivity contribution >= 4 is 35.3 Å². The predicted molar refractivity (Wildman–Crippen MR) is 111 cm³/mol. The van der Waals surface area contributed by atoms with Gasteiger partial charge in [0.15, 0.2) is 6.61 Å². The summed E-state index contributed by atoms with van der Waals surface area (Å²) in [4.78, 5) is 11.9. The summed E-state index contributed by atoms with van der Waals surface area (Å²) in [6.45, 7) is 3.61. The number of benzene rings is 2. The van der Waals surface area contributed by atoms with Crippen LogP contribution in [0, 0.1) is 13.8 Å². The molecule has 0 atom stereocenters. The zero-order valence-electron chi connectivity index (χ0n) is 15.3. The number of aryl methyl sites for hydroxylation is 2. The van der Waals surface area contributed by atoms with Crippen molar-refractivity contribution < 1.29 is 9.53 Å². The third-order valence-corrected chi connectivity index (χ3v) is 4.44. The van der Waals surface area contributed by atoms with E-state index in [4.69, 9.17) is 27.9 Å². The maximum atomic E-state index is 11.9. The number of aromatic nitrogens is 2. The van der Waals surface area contributed by atoms with Crippen LogP contribution in [-0.4, -0.2) is 28.5 Å². The van der Waals surface area contributed by atoms with Gasteiger partial charge in [0.05, 0.1) is 23.2 Å². The van der Waals surface area contributed by atoms with E-state index in [-0.39, 0.29) is 12.5 Å². The maximum Gasteiger partial charge on any atom is 0.277 e. The number of amides is 1. The monoisotopic (exact) mass is 416 g/mol. The Labute approximate surface area is 172 Å². The second kappa shape index (κ2) is 8.91. The van der Waals surface area contributed by atoms with Crippen LogP contribution in [0.4, 0.5) is 0 Å². The largest absolute Gasteiger partial charge is 0.484 e. The fourth-order valence-electron chi connectivity index (χ4n) is 2.49. The number of hydrazone groups is 1. The molecule has 6 nitrogen and oxygen atoms in total. The summed E-state index contributed by atoms with van der Waals surface area (Å²) in [5.74, 6) is 0.245. The number of hydrogen-bond acceptors (Lipinski definition) is 4. The lowest BCUT2D eigenvalue weighted by atomic mass is 10.2. The molecule has 3 rings (SSSR count). The molecule has 2 aromatic carbocycles. The van der Waals surface area contributed by atoms with E-state index in [1.165, 1.54) is 6.21 Å². The number of hydrogen-bond donors (Lipinski definition) is 1. The first-order chi connectivity index (χ1) is 13.4. The Kier molecular flexibility index (Phi) is 6.34. The SMILES string of the molecule is Cc1cccc(OCC(=O)N/N=C\c2c(C)nn(-c3cccc(Cl)c3)c2Cl)c1. The van der Waals surface area contributed by atoms with Gasteiger partial charge in [0.25, 0.3) is 5.91 Å². The quantitative estimate of drug-likeness (QED) is 0.480. The van der Waals surface area contributed by atoms with Crippen LogP contribution < -0.4 is 10.2 Å². The Morgan fingerprint density at radius 2 is 2.00 bits per heavy atom. The molecule has 1 N–H and O–H groups in total. The summed E-state index contributed by atoms with van der Waals surface area (Å²) >= 11 is 12.4. The molecule has 0 spiro atoms. The molecule has 0 saturated carbocycles. The van der Waals surface area contributed by atoms with Crippen molar-refractivity contribution in [2.24, 2.45) is 5.10 Å². The van der Waals surface area contributed by atoms with Gasteiger partial charge in [-0.1, -0.05) is 41.4 Å². The topological polar surface area (TPSA) is 68.5 Å². The average Bonchev–Trinajstić information content (AvgIpc) is 2.95. The van der Waals surface area contributed by atoms with Gasteiger partial charge < -0.3 is 4.74 Å². The Morgan fingerprint density at radius 1 is 1.21 bits per heavy atom. The van der Waals surface area contributed by atoms with Crippen LogP contribution in [-0.2, 0) is 4.79 Å². The van der Waals surface area contributed by atoms with Gasteiger partial charge in [0.2, 0.25) is 0 Å². The van der Waals surface area contributed by atoms with E-state index in [0.29, 0.717) is 27.2 Å². The van der Waals surface area contributed by atoms with Gasteiger partial charge in [0.1, 0.15) is 10.9 Å². The first kappa shape index (κ1) is 19.9. The highest BCUT2D eigenvalue weighted by Gasteiger charge is 2.13. The van der Waals surface area contributed by atoms with E-state index in [0.717, 1.165) is 11.3 Å². The third-order valence-electron chi connectivity index (χ3n) is 3.84. The third kappa shape index (κ3) is 4.91. The zero-order valence-corrected chi connectivity index (χ0v) is 16.8. The van der Waals surface area contributed by atoms with Crippen molar-refractivity contribution in [1.29, 1.82) is 0 Å². The number of halogens is 2. The highest BCUT2D eigenvalue weighted by atomic mass is 35.5. The van der Waals surface area contributed by atoms with Crippen LogP contribution in [0.15, 0.2) is 53.6 Å². The Morgan fingerprint density at radius 3 is 2.75 bits per heavy atom. The summed E-state index contributed by atoms with van der Waals surface area (Å²) in [6.07, 6.45) is 1.45. The van der Waals surface area contributed by atoms with Crippen LogP contribution in [0.2, 0.25) is 10.2 Å². The molecule has 1 aromatic heterocycles. The molecule has 144 valence electrons. The van der Waals surface area contributed by atoms with Crippen LogP contribution in [0.5, 0.6) is 5.75 Å². The molecule has 8 heteroatoms. The van der Waals surface area contributed by atoms with Crippen molar-refractivity contribution in [3.05, 3.63) is 75.5 Å². The molecule has 0 unspecified atom stereocenters. The van der Waals surface area contributed by atoms with Gasteiger partial charge in [-0.25, -0.2) is 10.1 Å². The summed E-state index contributed by atoms with van der Waals surface area (Å²) < 4.78 is 6.99. The van der Waals surface area contributed by atoms with Gasteiger partial charge >= 0.3 is 0 Å². The Balaban J connectivity index is 1.63. The Bertz CT molecular complexity index is 1030. The minimum absolute atomic E-state index is 0.144. The van der Waals surface area contributed by atoms with Crippen LogP contribution >= 0.6 is 23.2 Å². The Hall–Kier alpha value is -2.83. The van der Waals surface area contributed by atoms with Gasteiger partial charge in [0, 0.05) is 5.02 Å². The van der Waals surface area contributed by atoms with Crippen molar-refractivity contribution in [3.8, 4) is 11.4 Å². The summed E-state index contributed by atoms with van der Waals surface area (Å²) in [5, 5.41) is 9.30. The lowest BCUT2D eigenvalue weighted by molar-refractivity contribution is -0.123. The highest BCUT2D eigenvalue weighted by Crippen LogP contribution is 2.23. The van der Waals surface area contributed by atoms with E-state index in [1.54, 1.807) is 29.8 Å². The van der Waals surface area contributed by atoms with E-state index in [2.05, 4.69) is 15.6 Å². The standard InChI is InChI=1S/C20H18Cl2N4O2/c1-13-5-3-8-17(9-13)28-12-19(27)24-23-11-18-14(2)25-26(20(18)22)16-7-4-6-15(21)10-16/h3-11H,12H2,1-2H3,(H,24,27)/b23-11-. The second-order valence-electron chi connectivity index (χ2n) is 6.08. The van der Waals surface area contributed by atoms with Crippen LogP contribution in [0.3, 0.4) is 0 Å². The van der Waals surface area contributed by atoms with Gasteiger partial charge in [-0.2, -0.15) is 10.2 Å². The lowest BCUT2D eigenvalue weighted by Gasteiger charge is -2.05. The summed E-state index contributed by atoms with van der Waals surface area (Å²) in [6, 6.07) is 14.6. The average molecular weight is 417 g/mol. The number of ether oxygens (including phenoxy) is 1. The molecule has 0 saturated heterocycles. The fraction of sp³-hybridized carbons (Fsp3) is 0.150. The number of nitrogens with zero attached hydrogens (tertiary/aromatic N) is 3. The molecule has 1 heterocycles. The maximum absolute atomic E-state index is 11.9. The normalized spacial score (nSPS) is 11.0. The van der Waals surface area contributed by atoms with E-state index >= 15 is 0 Å².